The van der Waals surface area contributed by atoms with Crippen LogP contribution in [0.2, 0.25) is 0 Å². The van der Waals surface area contributed by atoms with Crippen molar-refractivity contribution in [3.63, 3.8) is 0 Å². The highest BCUT2D eigenvalue weighted by Crippen LogP contribution is 2.24. The normalized spacial score (nSPS) is 11.8. The van der Waals surface area contributed by atoms with Gasteiger partial charge < -0.3 is 5.32 Å². The first-order valence-corrected chi connectivity index (χ1v) is 8.50. The lowest BCUT2D eigenvalue weighted by Gasteiger charge is -2.19. The highest BCUT2D eigenvalue weighted by atomic mass is 79.9. The van der Waals surface area contributed by atoms with E-state index in [-0.39, 0.29) is 0 Å². The number of rotatable bonds is 8. The van der Waals surface area contributed by atoms with Crippen LogP contribution in [0.25, 0.3) is 0 Å². The van der Waals surface area contributed by atoms with Gasteiger partial charge in [0.05, 0.1) is 5.69 Å². The minimum atomic E-state index is -3.63. The largest absolute Gasteiger partial charge is 0.317 e. The summed E-state index contributed by atoms with van der Waals surface area (Å²) in [5.41, 5.74) is 0.310. The van der Waals surface area contributed by atoms with E-state index in [0.29, 0.717) is 16.7 Å². The first-order valence-electron chi connectivity index (χ1n) is 6.26. The molecule has 0 fully saturated rings. The molecule has 0 saturated heterocycles. The van der Waals surface area contributed by atoms with Gasteiger partial charge in [0, 0.05) is 18.1 Å². The molecule has 0 aliphatic heterocycles. The summed E-state index contributed by atoms with van der Waals surface area (Å²) >= 11 is 3.13. The van der Waals surface area contributed by atoms with Gasteiger partial charge in [-0.3, -0.25) is 4.72 Å². The van der Waals surface area contributed by atoms with Crippen LogP contribution >= 0.6 is 15.9 Å². The van der Waals surface area contributed by atoms with E-state index >= 15 is 0 Å². The Balaban J connectivity index is 2.64. The van der Waals surface area contributed by atoms with Crippen molar-refractivity contribution in [1.82, 2.24) is 9.62 Å². The average molecular weight is 368 g/mol. The van der Waals surface area contributed by atoms with Crippen LogP contribution in [-0.4, -0.2) is 39.4 Å². The van der Waals surface area contributed by atoms with E-state index in [9.17, 15) is 12.8 Å². The predicted molar refractivity (Wildman–Crippen MR) is 82.4 cm³/mol. The van der Waals surface area contributed by atoms with Gasteiger partial charge in [0.15, 0.2) is 0 Å². The first kappa shape index (κ1) is 17.4. The van der Waals surface area contributed by atoms with E-state index in [2.05, 4.69) is 26.0 Å². The lowest BCUT2D eigenvalue weighted by atomic mass is 10.3. The lowest BCUT2D eigenvalue weighted by Crippen LogP contribution is -2.34. The molecule has 0 unspecified atom stereocenters. The second-order valence-electron chi connectivity index (χ2n) is 4.26. The third-order valence-corrected chi connectivity index (χ3v) is 4.79. The van der Waals surface area contributed by atoms with Crippen molar-refractivity contribution in [1.29, 1.82) is 0 Å². The van der Waals surface area contributed by atoms with Gasteiger partial charge in [-0.15, -0.1) is 0 Å². The highest BCUT2D eigenvalue weighted by Gasteiger charge is 2.18. The van der Waals surface area contributed by atoms with Crippen LogP contribution in [-0.2, 0) is 10.2 Å². The molecular formula is C12H19BrFN3O2S. The highest BCUT2D eigenvalue weighted by molar-refractivity contribution is 9.10. The van der Waals surface area contributed by atoms with Crippen molar-refractivity contribution < 1.29 is 12.8 Å². The molecular weight excluding hydrogens is 349 g/mol. The first-order chi connectivity index (χ1) is 9.36. The minimum Gasteiger partial charge on any atom is -0.317 e. The molecule has 5 nitrogen and oxygen atoms in total. The monoisotopic (exact) mass is 367 g/mol. The molecule has 0 heterocycles. The Bertz CT molecular complexity index is 540. The Morgan fingerprint density at radius 3 is 2.70 bits per heavy atom. The fourth-order valence-electron chi connectivity index (χ4n) is 1.51. The molecule has 0 amide bonds. The summed E-state index contributed by atoms with van der Waals surface area (Å²) in [6, 6.07) is 3.79. The van der Waals surface area contributed by atoms with Crippen LogP contribution in [0.5, 0.6) is 0 Å². The quantitative estimate of drug-likeness (QED) is 0.692. The molecule has 1 rings (SSSR count). The van der Waals surface area contributed by atoms with Crippen LogP contribution in [0, 0.1) is 5.82 Å². The number of anilines is 1. The maximum absolute atomic E-state index is 13.0. The van der Waals surface area contributed by atoms with E-state index in [1.807, 2.05) is 6.92 Å². The summed E-state index contributed by atoms with van der Waals surface area (Å²) in [5, 5.41) is 3.13. The van der Waals surface area contributed by atoms with Crippen molar-refractivity contribution in [2.24, 2.45) is 0 Å². The van der Waals surface area contributed by atoms with Crippen LogP contribution in [0.3, 0.4) is 0 Å². The van der Waals surface area contributed by atoms with E-state index in [0.717, 1.165) is 19.5 Å². The van der Waals surface area contributed by atoms with Crippen molar-refractivity contribution in [2.45, 2.75) is 13.3 Å². The Labute approximate surface area is 127 Å². The summed E-state index contributed by atoms with van der Waals surface area (Å²) in [6.07, 6.45) is 0.718. The number of halogens is 2. The molecule has 0 aliphatic rings. The average Bonchev–Trinajstić information content (AvgIpc) is 2.37. The molecule has 0 radical (unpaired) electrons. The van der Waals surface area contributed by atoms with E-state index in [1.54, 1.807) is 0 Å². The van der Waals surface area contributed by atoms with Gasteiger partial charge in [-0.05, 0) is 53.6 Å². The maximum atomic E-state index is 13.0. The summed E-state index contributed by atoms with van der Waals surface area (Å²) in [7, 11) is -2.13. The molecule has 8 heteroatoms. The number of nitrogens with zero attached hydrogens (tertiary/aromatic N) is 1. The topological polar surface area (TPSA) is 61.4 Å². The molecule has 0 aromatic heterocycles. The minimum absolute atomic E-state index is 0.310. The molecule has 1 aromatic carbocycles. The molecule has 20 heavy (non-hydrogen) atoms. The zero-order chi connectivity index (χ0) is 15.2. The zero-order valence-electron chi connectivity index (χ0n) is 11.5. The fourth-order valence-corrected chi connectivity index (χ4v) is 3.08. The number of hydrogen-bond donors (Lipinski definition) is 2. The standard InChI is InChI=1S/C12H19BrFN3O2S/c1-3-15-7-4-8-17(2)20(18,19)16-12-6-5-10(14)9-11(12)13/h5-6,9,15-16H,3-4,7-8H2,1-2H3. The van der Waals surface area contributed by atoms with Crippen molar-refractivity contribution in [3.05, 3.63) is 28.5 Å². The van der Waals surface area contributed by atoms with E-state index in [4.69, 9.17) is 0 Å². The van der Waals surface area contributed by atoms with Gasteiger partial charge in [-0.25, -0.2) is 4.39 Å². The Morgan fingerprint density at radius 2 is 2.10 bits per heavy atom. The van der Waals surface area contributed by atoms with Crippen molar-refractivity contribution in [3.8, 4) is 0 Å². The molecule has 0 saturated carbocycles. The van der Waals surface area contributed by atoms with Crippen molar-refractivity contribution >= 4 is 31.8 Å². The summed E-state index contributed by atoms with van der Waals surface area (Å²) < 4.78 is 41.1. The summed E-state index contributed by atoms with van der Waals surface area (Å²) in [5.74, 6) is -0.432. The number of nitrogens with one attached hydrogen (secondary N) is 2. The molecule has 0 bridgehead atoms. The van der Waals surface area contributed by atoms with E-state index in [1.165, 1.54) is 29.6 Å². The molecule has 0 spiro atoms. The molecule has 1 aromatic rings. The van der Waals surface area contributed by atoms with Crippen molar-refractivity contribution in [2.75, 3.05) is 31.4 Å². The van der Waals surface area contributed by atoms with Gasteiger partial charge >= 0.3 is 10.2 Å². The van der Waals surface area contributed by atoms with Crippen LogP contribution < -0.4 is 10.0 Å². The third kappa shape index (κ3) is 5.35. The van der Waals surface area contributed by atoms with Crippen LogP contribution in [0.4, 0.5) is 10.1 Å². The lowest BCUT2D eigenvalue weighted by molar-refractivity contribution is 0.459. The van der Waals surface area contributed by atoms with Gasteiger partial charge in [0.1, 0.15) is 5.82 Å². The van der Waals surface area contributed by atoms with Crippen LogP contribution in [0.1, 0.15) is 13.3 Å². The molecule has 0 atom stereocenters. The predicted octanol–water partition coefficient (Wildman–Crippen LogP) is 2.18. The van der Waals surface area contributed by atoms with Gasteiger partial charge in [0.25, 0.3) is 0 Å². The number of benzene rings is 1. The second-order valence-corrected chi connectivity index (χ2v) is 6.89. The molecule has 0 aliphatic carbocycles. The Hall–Kier alpha value is -0.700. The zero-order valence-corrected chi connectivity index (χ0v) is 13.9. The van der Waals surface area contributed by atoms with E-state index < -0.39 is 16.0 Å². The molecule has 114 valence electrons. The Morgan fingerprint density at radius 1 is 1.40 bits per heavy atom. The van der Waals surface area contributed by atoms with Crippen LogP contribution in [0.15, 0.2) is 22.7 Å². The second kappa shape index (κ2) is 7.92. The van der Waals surface area contributed by atoms with Gasteiger partial charge in [-0.1, -0.05) is 6.92 Å². The Kier molecular flexibility index (Phi) is 6.87. The maximum Gasteiger partial charge on any atom is 0.301 e. The van der Waals surface area contributed by atoms with Gasteiger partial charge in [-0.2, -0.15) is 12.7 Å². The smallest absolute Gasteiger partial charge is 0.301 e. The molecule has 2 N–H and O–H groups in total. The van der Waals surface area contributed by atoms with Gasteiger partial charge in [0.2, 0.25) is 0 Å². The number of hydrogen-bond acceptors (Lipinski definition) is 3. The summed E-state index contributed by atoms with van der Waals surface area (Å²) in [4.78, 5) is 0. The third-order valence-electron chi connectivity index (χ3n) is 2.66. The SMILES string of the molecule is CCNCCCN(C)S(=O)(=O)Nc1ccc(F)cc1Br. The fraction of sp³-hybridized carbons (Fsp3) is 0.500. The summed E-state index contributed by atoms with van der Waals surface area (Å²) in [6.45, 7) is 4.02.